The van der Waals surface area contributed by atoms with Crippen LogP contribution < -0.4 is 5.32 Å². The van der Waals surface area contributed by atoms with Crippen molar-refractivity contribution in [3.63, 3.8) is 0 Å². The van der Waals surface area contributed by atoms with Crippen molar-refractivity contribution in [2.45, 2.75) is 51.8 Å². The van der Waals surface area contributed by atoms with Gasteiger partial charge < -0.3 is 10.1 Å². The van der Waals surface area contributed by atoms with Crippen molar-refractivity contribution in [3.05, 3.63) is 35.9 Å². The first kappa shape index (κ1) is 16.3. The molecule has 1 aromatic carbocycles. The number of carbonyl (C=O) groups excluding carboxylic acids is 1. The number of benzene rings is 1. The predicted molar refractivity (Wildman–Crippen MR) is 91.1 cm³/mol. The lowest BCUT2D eigenvalue weighted by Gasteiger charge is -2.24. The van der Waals surface area contributed by atoms with E-state index >= 15 is 0 Å². The highest BCUT2D eigenvalue weighted by atomic mass is 16.6. The Morgan fingerprint density at radius 1 is 1.22 bits per heavy atom. The summed E-state index contributed by atoms with van der Waals surface area (Å²) in [6.07, 6.45) is 2.32. The Morgan fingerprint density at radius 2 is 1.91 bits per heavy atom. The molecule has 1 N–H and O–H groups in total. The SMILES string of the molecule is CC(C)(C)OC(=O)NC1CN(Cc2ccccc2)CC1C1CC1. The number of nitrogens with zero attached hydrogens (tertiary/aromatic N) is 1. The van der Waals surface area contributed by atoms with Crippen LogP contribution in [0.25, 0.3) is 0 Å². The van der Waals surface area contributed by atoms with Crippen LogP contribution in [0.1, 0.15) is 39.2 Å². The van der Waals surface area contributed by atoms with Gasteiger partial charge >= 0.3 is 6.09 Å². The molecule has 1 aromatic rings. The Bertz CT molecular complexity index is 534. The summed E-state index contributed by atoms with van der Waals surface area (Å²) in [6.45, 7) is 8.65. The van der Waals surface area contributed by atoms with E-state index in [-0.39, 0.29) is 12.1 Å². The molecule has 0 aromatic heterocycles. The van der Waals surface area contributed by atoms with Crippen molar-refractivity contribution >= 4 is 6.09 Å². The molecule has 0 radical (unpaired) electrons. The third kappa shape index (κ3) is 4.71. The Labute approximate surface area is 139 Å². The number of likely N-dealkylation sites (tertiary alicyclic amines) is 1. The van der Waals surface area contributed by atoms with Gasteiger partial charge in [-0.1, -0.05) is 30.3 Å². The molecule has 1 saturated heterocycles. The Morgan fingerprint density at radius 3 is 2.52 bits per heavy atom. The highest BCUT2D eigenvalue weighted by molar-refractivity contribution is 5.68. The summed E-state index contributed by atoms with van der Waals surface area (Å²) in [7, 11) is 0. The van der Waals surface area contributed by atoms with Gasteiger partial charge in [-0.3, -0.25) is 4.90 Å². The molecule has 2 aliphatic rings. The molecule has 1 heterocycles. The second kappa shape index (κ2) is 6.52. The molecular weight excluding hydrogens is 288 g/mol. The van der Waals surface area contributed by atoms with Gasteiger partial charge in [0, 0.05) is 25.7 Å². The summed E-state index contributed by atoms with van der Waals surface area (Å²) in [5.74, 6) is 1.34. The number of amides is 1. The normalized spacial score (nSPS) is 25.3. The van der Waals surface area contributed by atoms with E-state index in [9.17, 15) is 4.79 Å². The fraction of sp³-hybridized carbons (Fsp3) is 0.632. The Balaban J connectivity index is 1.59. The lowest BCUT2D eigenvalue weighted by molar-refractivity contribution is 0.0493. The number of carbonyl (C=O) groups is 1. The maximum absolute atomic E-state index is 12.1. The molecule has 4 heteroatoms. The van der Waals surface area contributed by atoms with Crippen molar-refractivity contribution in [2.24, 2.45) is 11.8 Å². The molecule has 0 bridgehead atoms. The molecule has 1 amide bonds. The second-order valence-electron chi connectivity index (χ2n) is 7.93. The topological polar surface area (TPSA) is 41.6 Å². The number of hydrogen-bond donors (Lipinski definition) is 1. The lowest BCUT2D eigenvalue weighted by atomic mass is 9.98. The summed E-state index contributed by atoms with van der Waals surface area (Å²) in [5, 5.41) is 3.12. The van der Waals surface area contributed by atoms with Gasteiger partial charge in [0.2, 0.25) is 0 Å². The zero-order valence-corrected chi connectivity index (χ0v) is 14.4. The van der Waals surface area contributed by atoms with E-state index in [0.717, 1.165) is 25.6 Å². The minimum absolute atomic E-state index is 0.209. The van der Waals surface area contributed by atoms with Crippen molar-refractivity contribution in [1.29, 1.82) is 0 Å². The van der Waals surface area contributed by atoms with E-state index in [2.05, 4.69) is 34.5 Å². The summed E-state index contributed by atoms with van der Waals surface area (Å²) in [5.41, 5.74) is 0.890. The average Bonchev–Trinajstić information content (AvgIpc) is 3.22. The molecule has 126 valence electrons. The molecule has 2 atom stereocenters. The van der Waals surface area contributed by atoms with Gasteiger partial charge in [-0.05, 0) is 51.0 Å². The molecule has 1 saturated carbocycles. The van der Waals surface area contributed by atoms with Crippen LogP contribution in [-0.2, 0) is 11.3 Å². The first-order valence-corrected chi connectivity index (χ1v) is 8.66. The fourth-order valence-electron chi connectivity index (χ4n) is 3.50. The number of ether oxygens (including phenoxy) is 1. The standard InChI is InChI=1S/C19H28N2O2/c1-19(2,3)23-18(22)20-17-13-21(12-16(17)15-9-10-15)11-14-7-5-4-6-8-14/h4-8,15-17H,9-13H2,1-3H3,(H,20,22). The van der Waals surface area contributed by atoms with Crippen molar-refractivity contribution in [3.8, 4) is 0 Å². The first-order valence-electron chi connectivity index (χ1n) is 8.66. The van der Waals surface area contributed by atoms with E-state index in [4.69, 9.17) is 4.74 Å². The van der Waals surface area contributed by atoms with Crippen LogP contribution in [0.2, 0.25) is 0 Å². The molecule has 3 rings (SSSR count). The van der Waals surface area contributed by atoms with Crippen LogP contribution in [0.15, 0.2) is 30.3 Å². The smallest absolute Gasteiger partial charge is 0.407 e. The second-order valence-corrected chi connectivity index (χ2v) is 7.93. The number of rotatable bonds is 4. The Kier molecular flexibility index (Phi) is 4.62. The number of hydrogen-bond acceptors (Lipinski definition) is 3. The summed E-state index contributed by atoms with van der Waals surface area (Å²) < 4.78 is 5.43. The molecule has 2 unspecified atom stereocenters. The van der Waals surface area contributed by atoms with E-state index in [1.165, 1.54) is 18.4 Å². The third-order valence-electron chi connectivity index (χ3n) is 4.62. The summed E-state index contributed by atoms with van der Waals surface area (Å²) >= 11 is 0. The van der Waals surface area contributed by atoms with Crippen LogP contribution in [0.5, 0.6) is 0 Å². The molecule has 4 nitrogen and oxygen atoms in total. The highest BCUT2D eigenvalue weighted by Gasteiger charge is 2.43. The maximum atomic E-state index is 12.1. The van der Waals surface area contributed by atoms with E-state index < -0.39 is 5.60 Å². The first-order chi connectivity index (χ1) is 10.9. The quantitative estimate of drug-likeness (QED) is 0.925. The number of nitrogens with one attached hydrogen (secondary N) is 1. The van der Waals surface area contributed by atoms with Crippen LogP contribution in [0.3, 0.4) is 0 Å². The van der Waals surface area contributed by atoms with E-state index in [0.29, 0.717) is 5.92 Å². The van der Waals surface area contributed by atoms with Gasteiger partial charge in [0.1, 0.15) is 5.60 Å². The number of alkyl carbamates (subject to hydrolysis) is 1. The monoisotopic (exact) mass is 316 g/mol. The third-order valence-corrected chi connectivity index (χ3v) is 4.62. The van der Waals surface area contributed by atoms with Crippen molar-refractivity contribution in [1.82, 2.24) is 10.2 Å². The average molecular weight is 316 g/mol. The molecular formula is C19H28N2O2. The van der Waals surface area contributed by atoms with Crippen LogP contribution >= 0.6 is 0 Å². The predicted octanol–water partition coefficient (Wildman–Crippen LogP) is 3.42. The van der Waals surface area contributed by atoms with Crippen molar-refractivity contribution < 1.29 is 9.53 Å². The van der Waals surface area contributed by atoms with E-state index in [1.54, 1.807) is 0 Å². The summed E-state index contributed by atoms with van der Waals surface area (Å²) in [6, 6.07) is 10.8. The van der Waals surface area contributed by atoms with Gasteiger partial charge in [0.05, 0.1) is 0 Å². The zero-order valence-electron chi connectivity index (χ0n) is 14.4. The molecule has 23 heavy (non-hydrogen) atoms. The molecule has 0 spiro atoms. The fourth-order valence-corrected chi connectivity index (χ4v) is 3.50. The van der Waals surface area contributed by atoms with Crippen LogP contribution in [0, 0.1) is 11.8 Å². The molecule has 1 aliphatic carbocycles. The van der Waals surface area contributed by atoms with Gasteiger partial charge in [-0.2, -0.15) is 0 Å². The van der Waals surface area contributed by atoms with Crippen LogP contribution in [0.4, 0.5) is 4.79 Å². The minimum atomic E-state index is -0.443. The van der Waals surface area contributed by atoms with Gasteiger partial charge in [0.15, 0.2) is 0 Å². The largest absolute Gasteiger partial charge is 0.444 e. The minimum Gasteiger partial charge on any atom is -0.444 e. The van der Waals surface area contributed by atoms with E-state index in [1.807, 2.05) is 26.8 Å². The highest BCUT2D eigenvalue weighted by Crippen LogP contribution is 2.41. The van der Waals surface area contributed by atoms with Gasteiger partial charge in [-0.25, -0.2) is 4.79 Å². The van der Waals surface area contributed by atoms with Gasteiger partial charge in [-0.15, -0.1) is 0 Å². The molecule has 1 aliphatic heterocycles. The maximum Gasteiger partial charge on any atom is 0.407 e. The lowest BCUT2D eigenvalue weighted by Crippen LogP contribution is -2.43. The summed E-state index contributed by atoms with van der Waals surface area (Å²) in [4.78, 5) is 14.6. The Hall–Kier alpha value is -1.55. The molecule has 2 fully saturated rings. The van der Waals surface area contributed by atoms with Gasteiger partial charge in [0.25, 0.3) is 0 Å². The zero-order chi connectivity index (χ0) is 16.4. The van der Waals surface area contributed by atoms with Crippen LogP contribution in [-0.4, -0.2) is 35.7 Å². The van der Waals surface area contributed by atoms with Crippen molar-refractivity contribution in [2.75, 3.05) is 13.1 Å².